The quantitative estimate of drug-likeness (QED) is 0.574. The summed E-state index contributed by atoms with van der Waals surface area (Å²) in [7, 11) is 0. The number of nitrogens with zero attached hydrogens (tertiary/aromatic N) is 3. The largest absolute Gasteiger partial charge is 0.480 e. The zero-order chi connectivity index (χ0) is 9.52. The van der Waals surface area contributed by atoms with Crippen molar-refractivity contribution in [2.75, 3.05) is 13.1 Å². The maximum absolute atomic E-state index is 10.1. The molecule has 0 radical (unpaired) electrons. The first-order valence-electron chi connectivity index (χ1n) is 4.05. The van der Waals surface area contributed by atoms with E-state index in [0.717, 1.165) is 13.0 Å². The van der Waals surface area contributed by atoms with Gasteiger partial charge in [0.05, 0.1) is 12.7 Å². The highest BCUT2D eigenvalue weighted by Crippen LogP contribution is 1.84. The third kappa shape index (κ3) is 4.22. The molecule has 0 aliphatic heterocycles. The predicted molar refractivity (Wildman–Crippen MR) is 45.1 cm³/mol. The lowest BCUT2D eigenvalue weighted by Gasteiger charge is -2.00. The summed E-state index contributed by atoms with van der Waals surface area (Å²) in [6.07, 6.45) is 4.23. The molecule has 0 saturated heterocycles. The Labute approximate surface area is 75.6 Å². The molecule has 0 fully saturated rings. The fourth-order valence-electron chi connectivity index (χ4n) is 0.913. The Morgan fingerprint density at radius 1 is 1.62 bits per heavy atom. The normalized spacial score (nSPS) is 10.2. The van der Waals surface area contributed by atoms with E-state index < -0.39 is 5.97 Å². The number of aryl methyl sites for hydroxylation is 1. The number of aromatic nitrogens is 3. The van der Waals surface area contributed by atoms with Gasteiger partial charge in [0.15, 0.2) is 0 Å². The van der Waals surface area contributed by atoms with Gasteiger partial charge in [-0.05, 0) is 13.0 Å². The molecule has 0 bridgehead atoms. The van der Waals surface area contributed by atoms with Crippen LogP contribution in [0.25, 0.3) is 0 Å². The van der Waals surface area contributed by atoms with Gasteiger partial charge in [-0.1, -0.05) is 5.21 Å². The highest BCUT2D eigenvalue weighted by atomic mass is 16.4. The summed E-state index contributed by atoms with van der Waals surface area (Å²) >= 11 is 0. The van der Waals surface area contributed by atoms with Crippen LogP contribution in [0.2, 0.25) is 0 Å². The van der Waals surface area contributed by atoms with Crippen LogP contribution in [-0.2, 0) is 11.3 Å². The highest BCUT2D eigenvalue weighted by Gasteiger charge is 1.95. The lowest BCUT2D eigenvalue weighted by atomic mass is 10.4. The predicted octanol–water partition coefficient (Wildman–Crippen LogP) is -0.658. The second-order valence-corrected chi connectivity index (χ2v) is 2.59. The molecule has 0 aliphatic carbocycles. The van der Waals surface area contributed by atoms with Gasteiger partial charge in [0, 0.05) is 12.7 Å². The highest BCUT2D eigenvalue weighted by molar-refractivity contribution is 5.68. The van der Waals surface area contributed by atoms with Gasteiger partial charge in [0.25, 0.3) is 0 Å². The maximum atomic E-state index is 10.1. The fraction of sp³-hybridized carbons (Fsp3) is 0.571. The Kier molecular flexibility index (Phi) is 3.90. The number of hydrogen-bond donors (Lipinski definition) is 2. The van der Waals surface area contributed by atoms with Crippen LogP contribution < -0.4 is 5.32 Å². The molecule has 0 amide bonds. The summed E-state index contributed by atoms with van der Waals surface area (Å²) in [4.78, 5) is 10.1. The number of aliphatic carboxylic acids is 1. The Morgan fingerprint density at radius 3 is 3.08 bits per heavy atom. The second kappa shape index (κ2) is 5.26. The smallest absolute Gasteiger partial charge is 0.317 e. The molecule has 1 aromatic rings. The van der Waals surface area contributed by atoms with Crippen molar-refractivity contribution < 1.29 is 9.90 Å². The first kappa shape index (κ1) is 9.66. The van der Waals surface area contributed by atoms with Crippen LogP contribution in [0, 0.1) is 0 Å². The zero-order valence-corrected chi connectivity index (χ0v) is 7.18. The van der Waals surface area contributed by atoms with E-state index >= 15 is 0 Å². The molecule has 6 heteroatoms. The summed E-state index contributed by atoms with van der Waals surface area (Å²) in [5.74, 6) is -0.833. The van der Waals surface area contributed by atoms with Crippen LogP contribution in [0.3, 0.4) is 0 Å². The number of carboxylic acid groups (broad SMARTS) is 1. The van der Waals surface area contributed by atoms with Crippen LogP contribution in [0.5, 0.6) is 0 Å². The molecule has 72 valence electrons. The molecule has 0 spiro atoms. The van der Waals surface area contributed by atoms with Crippen LogP contribution >= 0.6 is 0 Å². The van der Waals surface area contributed by atoms with E-state index in [1.165, 1.54) is 0 Å². The van der Waals surface area contributed by atoms with Crippen molar-refractivity contribution in [3.63, 3.8) is 0 Å². The monoisotopic (exact) mass is 184 g/mol. The Hall–Kier alpha value is -1.43. The second-order valence-electron chi connectivity index (χ2n) is 2.59. The minimum absolute atomic E-state index is 0.0113. The van der Waals surface area contributed by atoms with Crippen molar-refractivity contribution in [2.45, 2.75) is 13.0 Å². The Morgan fingerprint density at radius 2 is 2.46 bits per heavy atom. The number of carboxylic acids is 1. The zero-order valence-electron chi connectivity index (χ0n) is 7.18. The summed E-state index contributed by atoms with van der Waals surface area (Å²) in [5, 5.41) is 18.5. The Balaban J connectivity index is 1.99. The van der Waals surface area contributed by atoms with Crippen LogP contribution in [0.15, 0.2) is 12.4 Å². The van der Waals surface area contributed by atoms with Crippen molar-refractivity contribution in [3.8, 4) is 0 Å². The summed E-state index contributed by atoms with van der Waals surface area (Å²) in [6.45, 7) is 1.44. The molecule has 0 saturated carbocycles. The van der Waals surface area contributed by atoms with Crippen LogP contribution in [0.1, 0.15) is 6.42 Å². The van der Waals surface area contributed by atoms with E-state index in [2.05, 4.69) is 15.6 Å². The molecule has 0 unspecified atom stereocenters. The van der Waals surface area contributed by atoms with E-state index in [0.29, 0.717) is 6.54 Å². The van der Waals surface area contributed by atoms with E-state index in [1.807, 2.05) is 0 Å². The standard InChI is InChI=1S/C7H12N4O2/c12-7(13)6-8-2-1-4-11-5-3-9-10-11/h3,5,8H,1-2,4,6H2,(H,12,13). The minimum Gasteiger partial charge on any atom is -0.480 e. The number of nitrogens with one attached hydrogen (secondary N) is 1. The molecule has 1 heterocycles. The fourth-order valence-corrected chi connectivity index (χ4v) is 0.913. The van der Waals surface area contributed by atoms with E-state index in [1.54, 1.807) is 17.1 Å². The van der Waals surface area contributed by atoms with Gasteiger partial charge in [-0.15, -0.1) is 5.10 Å². The van der Waals surface area contributed by atoms with Gasteiger partial charge in [-0.25, -0.2) is 0 Å². The van der Waals surface area contributed by atoms with Crippen LogP contribution in [-0.4, -0.2) is 39.2 Å². The average molecular weight is 184 g/mol. The minimum atomic E-state index is -0.833. The van der Waals surface area contributed by atoms with E-state index in [-0.39, 0.29) is 6.54 Å². The lowest BCUT2D eigenvalue weighted by Crippen LogP contribution is -2.24. The molecular formula is C7H12N4O2. The lowest BCUT2D eigenvalue weighted by molar-refractivity contribution is -0.135. The average Bonchev–Trinajstić information content (AvgIpc) is 2.55. The van der Waals surface area contributed by atoms with Gasteiger partial charge in [0.2, 0.25) is 0 Å². The summed E-state index contributed by atoms with van der Waals surface area (Å²) < 4.78 is 1.71. The van der Waals surface area contributed by atoms with Gasteiger partial charge >= 0.3 is 5.97 Å². The van der Waals surface area contributed by atoms with Gasteiger partial charge < -0.3 is 10.4 Å². The van der Waals surface area contributed by atoms with Crippen molar-refractivity contribution in [1.82, 2.24) is 20.3 Å². The number of rotatable bonds is 6. The van der Waals surface area contributed by atoms with Gasteiger partial charge in [0.1, 0.15) is 0 Å². The summed E-state index contributed by atoms with van der Waals surface area (Å²) in [5.41, 5.74) is 0. The molecule has 0 aromatic carbocycles. The molecule has 0 aliphatic rings. The van der Waals surface area contributed by atoms with Crippen molar-refractivity contribution in [3.05, 3.63) is 12.4 Å². The topological polar surface area (TPSA) is 80.0 Å². The molecule has 1 rings (SSSR count). The molecule has 2 N–H and O–H groups in total. The first-order chi connectivity index (χ1) is 6.29. The third-order valence-corrected chi connectivity index (χ3v) is 1.49. The van der Waals surface area contributed by atoms with Crippen LogP contribution in [0.4, 0.5) is 0 Å². The first-order valence-corrected chi connectivity index (χ1v) is 4.05. The number of carbonyl (C=O) groups is 1. The maximum Gasteiger partial charge on any atom is 0.317 e. The van der Waals surface area contributed by atoms with Crippen molar-refractivity contribution >= 4 is 5.97 Å². The summed E-state index contributed by atoms with van der Waals surface area (Å²) in [6, 6.07) is 0. The molecule has 1 aromatic heterocycles. The van der Waals surface area contributed by atoms with Gasteiger partial charge in [-0.3, -0.25) is 9.48 Å². The SMILES string of the molecule is O=C(O)CNCCCn1ccnn1. The third-order valence-electron chi connectivity index (χ3n) is 1.49. The molecular weight excluding hydrogens is 172 g/mol. The number of hydrogen-bond acceptors (Lipinski definition) is 4. The molecule has 0 atom stereocenters. The van der Waals surface area contributed by atoms with E-state index in [4.69, 9.17) is 5.11 Å². The van der Waals surface area contributed by atoms with Gasteiger partial charge in [-0.2, -0.15) is 0 Å². The van der Waals surface area contributed by atoms with Crippen molar-refractivity contribution in [1.29, 1.82) is 0 Å². The molecule has 6 nitrogen and oxygen atoms in total. The van der Waals surface area contributed by atoms with E-state index in [9.17, 15) is 4.79 Å². The molecule has 13 heavy (non-hydrogen) atoms. The van der Waals surface area contributed by atoms with Crippen molar-refractivity contribution in [2.24, 2.45) is 0 Å². The Bertz CT molecular complexity index is 247.